The van der Waals surface area contributed by atoms with Gasteiger partial charge < -0.3 is 14.7 Å². The van der Waals surface area contributed by atoms with E-state index in [-0.39, 0.29) is 17.8 Å². The van der Waals surface area contributed by atoms with Crippen LogP contribution in [0.2, 0.25) is 0 Å². The standard InChI is InChI=1S/C21H26FN3O/c1-17(21(26)23(2)16-18-7-6-8-19(22)15-18)24-11-13-25(14-12-24)20-9-4-3-5-10-20/h3-10,15,17H,11-14,16H2,1-2H3/p+1/t17-/m0/s1. The molecule has 26 heavy (non-hydrogen) atoms. The molecular formula is C21H27FN3O+. The van der Waals surface area contributed by atoms with Crippen LogP contribution in [0.3, 0.4) is 0 Å². The lowest BCUT2D eigenvalue weighted by Crippen LogP contribution is -3.19. The Bertz CT molecular complexity index is 729. The quantitative estimate of drug-likeness (QED) is 0.881. The number of likely N-dealkylation sites (N-methyl/N-ethyl adjacent to an activating group) is 1. The summed E-state index contributed by atoms with van der Waals surface area (Å²) in [5.74, 6) is -0.156. The molecule has 0 radical (unpaired) electrons. The number of para-hydroxylation sites is 1. The molecule has 3 rings (SSSR count). The van der Waals surface area contributed by atoms with Crippen LogP contribution in [0.4, 0.5) is 10.1 Å². The third kappa shape index (κ3) is 4.41. The molecule has 5 heteroatoms. The topological polar surface area (TPSA) is 28.0 Å². The zero-order valence-electron chi connectivity index (χ0n) is 15.5. The molecule has 2 aromatic carbocycles. The molecule has 1 amide bonds. The van der Waals surface area contributed by atoms with Crippen molar-refractivity contribution < 1.29 is 14.1 Å². The molecule has 0 bridgehead atoms. The second-order valence-corrected chi connectivity index (χ2v) is 7.03. The van der Waals surface area contributed by atoms with Gasteiger partial charge in [-0.15, -0.1) is 0 Å². The lowest BCUT2D eigenvalue weighted by molar-refractivity contribution is -0.915. The van der Waals surface area contributed by atoms with Crippen molar-refractivity contribution in [2.24, 2.45) is 0 Å². The number of nitrogens with one attached hydrogen (secondary N) is 1. The first-order chi connectivity index (χ1) is 12.5. The average molecular weight is 356 g/mol. The molecular weight excluding hydrogens is 329 g/mol. The molecule has 1 saturated heterocycles. The van der Waals surface area contributed by atoms with E-state index < -0.39 is 0 Å². The van der Waals surface area contributed by atoms with Gasteiger partial charge in [-0.2, -0.15) is 0 Å². The molecule has 4 nitrogen and oxygen atoms in total. The number of benzene rings is 2. The number of amides is 1. The van der Waals surface area contributed by atoms with E-state index in [0.717, 1.165) is 31.7 Å². The Labute approximate surface area is 154 Å². The fraction of sp³-hybridized carbons (Fsp3) is 0.381. The second kappa shape index (κ2) is 8.32. The van der Waals surface area contributed by atoms with E-state index in [1.54, 1.807) is 18.0 Å². The fourth-order valence-corrected chi connectivity index (χ4v) is 3.62. The smallest absolute Gasteiger partial charge is 0.280 e. The highest BCUT2D eigenvalue weighted by atomic mass is 19.1. The summed E-state index contributed by atoms with van der Waals surface area (Å²) in [6, 6.07) is 16.8. The Kier molecular flexibility index (Phi) is 5.89. The second-order valence-electron chi connectivity index (χ2n) is 7.03. The SMILES string of the molecule is C[C@@H](C(=O)N(C)Cc1cccc(F)c1)[NH+]1CCN(c2ccccc2)CC1. The van der Waals surface area contributed by atoms with Crippen molar-refractivity contribution >= 4 is 11.6 Å². The Balaban J connectivity index is 1.54. The maximum absolute atomic E-state index is 13.3. The molecule has 1 heterocycles. The Hall–Kier alpha value is -2.40. The minimum Gasteiger partial charge on any atom is -0.360 e. The van der Waals surface area contributed by atoms with Gasteiger partial charge in [0.15, 0.2) is 6.04 Å². The summed E-state index contributed by atoms with van der Waals surface area (Å²) in [7, 11) is 1.80. The highest BCUT2D eigenvalue weighted by Crippen LogP contribution is 2.12. The number of hydrogen-bond acceptors (Lipinski definition) is 2. The average Bonchev–Trinajstić information content (AvgIpc) is 2.67. The molecule has 2 aromatic rings. The van der Waals surface area contributed by atoms with Crippen molar-refractivity contribution in [1.82, 2.24) is 4.90 Å². The first kappa shape index (κ1) is 18.4. The third-order valence-corrected chi connectivity index (χ3v) is 5.19. The molecule has 1 fully saturated rings. The molecule has 0 aliphatic carbocycles. The Morgan fingerprint density at radius 3 is 2.50 bits per heavy atom. The zero-order valence-corrected chi connectivity index (χ0v) is 15.5. The molecule has 1 N–H and O–H groups in total. The van der Waals surface area contributed by atoms with Crippen LogP contribution in [-0.4, -0.2) is 50.1 Å². The normalized spacial score (nSPS) is 16.3. The van der Waals surface area contributed by atoms with Crippen LogP contribution >= 0.6 is 0 Å². The van der Waals surface area contributed by atoms with Gasteiger partial charge in [-0.25, -0.2) is 4.39 Å². The van der Waals surface area contributed by atoms with Crippen LogP contribution in [0, 0.1) is 5.82 Å². The summed E-state index contributed by atoms with van der Waals surface area (Å²) in [5, 5.41) is 0. The van der Waals surface area contributed by atoms with Gasteiger partial charge in [0.05, 0.1) is 26.2 Å². The van der Waals surface area contributed by atoms with Gasteiger partial charge in [0.25, 0.3) is 5.91 Å². The summed E-state index contributed by atoms with van der Waals surface area (Å²) in [5.41, 5.74) is 2.06. The zero-order chi connectivity index (χ0) is 18.5. The van der Waals surface area contributed by atoms with Crippen molar-refractivity contribution in [3.8, 4) is 0 Å². The van der Waals surface area contributed by atoms with Crippen LogP contribution in [0.25, 0.3) is 0 Å². The van der Waals surface area contributed by atoms with Crippen molar-refractivity contribution in [3.05, 3.63) is 66.0 Å². The number of carbonyl (C=O) groups excluding carboxylic acids is 1. The minimum absolute atomic E-state index is 0.0912. The van der Waals surface area contributed by atoms with Crippen LogP contribution in [0.5, 0.6) is 0 Å². The summed E-state index contributed by atoms with van der Waals surface area (Å²) >= 11 is 0. The van der Waals surface area contributed by atoms with E-state index in [1.807, 2.05) is 19.1 Å². The number of halogens is 1. The number of carbonyl (C=O) groups is 1. The number of anilines is 1. The third-order valence-electron chi connectivity index (χ3n) is 5.19. The van der Waals surface area contributed by atoms with Gasteiger partial charge in [0.1, 0.15) is 5.82 Å². The summed E-state index contributed by atoms with van der Waals surface area (Å²) in [6.07, 6.45) is 0. The molecule has 0 saturated carbocycles. The van der Waals surface area contributed by atoms with Crippen molar-refractivity contribution in [2.45, 2.75) is 19.5 Å². The van der Waals surface area contributed by atoms with Gasteiger partial charge in [0.2, 0.25) is 0 Å². The van der Waals surface area contributed by atoms with E-state index in [0.29, 0.717) is 6.54 Å². The van der Waals surface area contributed by atoms with E-state index in [9.17, 15) is 9.18 Å². The lowest BCUT2D eigenvalue weighted by atomic mass is 10.1. The molecule has 138 valence electrons. The highest BCUT2D eigenvalue weighted by molar-refractivity contribution is 5.79. The predicted molar refractivity (Wildman–Crippen MR) is 102 cm³/mol. The summed E-state index contributed by atoms with van der Waals surface area (Å²) in [4.78, 5) is 18.2. The largest absolute Gasteiger partial charge is 0.360 e. The maximum Gasteiger partial charge on any atom is 0.280 e. The summed E-state index contributed by atoms with van der Waals surface area (Å²) in [6.45, 7) is 6.21. The number of nitrogens with zero attached hydrogens (tertiary/aromatic N) is 2. The minimum atomic E-state index is -0.265. The number of hydrogen-bond donors (Lipinski definition) is 1. The van der Waals surface area contributed by atoms with E-state index in [2.05, 4.69) is 29.2 Å². The molecule has 0 spiro atoms. The van der Waals surface area contributed by atoms with Crippen LogP contribution in [0.1, 0.15) is 12.5 Å². The van der Waals surface area contributed by atoms with Crippen LogP contribution in [-0.2, 0) is 11.3 Å². The maximum atomic E-state index is 13.3. The number of quaternary nitrogens is 1. The van der Waals surface area contributed by atoms with Crippen molar-refractivity contribution in [2.75, 3.05) is 38.1 Å². The van der Waals surface area contributed by atoms with Crippen molar-refractivity contribution in [3.63, 3.8) is 0 Å². The van der Waals surface area contributed by atoms with Crippen molar-refractivity contribution in [1.29, 1.82) is 0 Å². The van der Waals surface area contributed by atoms with Crippen LogP contribution in [0.15, 0.2) is 54.6 Å². The fourth-order valence-electron chi connectivity index (χ4n) is 3.62. The summed E-state index contributed by atoms with van der Waals surface area (Å²) < 4.78 is 13.3. The molecule has 1 atom stereocenters. The monoisotopic (exact) mass is 356 g/mol. The predicted octanol–water partition coefficient (Wildman–Crippen LogP) is 1.58. The van der Waals surface area contributed by atoms with Gasteiger partial charge in [-0.05, 0) is 36.8 Å². The highest BCUT2D eigenvalue weighted by Gasteiger charge is 2.31. The Morgan fingerprint density at radius 2 is 1.85 bits per heavy atom. The van der Waals surface area contributed by atoms with E-state index in [1.165, 1.54) is 22.7 Å². The first-order valence-electron chi connectivity index (χ1n) is 9.18. The lowest BCUT2D eigenvalue weighted by Gasteiger charge is -2.37. The van der Waals surface area contributed by atoms with E-state index >= 15 is 0 Å². The van der Waals surface area contributed by atoms with Gasteiger partial charge in [-0.3, -0.25) is 4.79 Å². The molecule has 0 aromatic heterocycles. The first-order valence-corrected chi connectivity index (χ1v) is 9.18. The molecule has 1 aliphatic rings. The Morgan fingerprint density at radius 1 is 1.15 bits per heavy atom. The van der Waals surface area contributed by atoms with E-state index in [4.69, 9.17) is 0 Å². The van der Waals surface area contributed by atoms with Gasteiger partial charge in [-0.1, -0.05) is 30.3 Å². The van der Waals surface area contributed by atoms with Gasteiger partial charge >= 0.3 is 0 Å². The number of piperazine rings is 1. The van der Waals surface area contributed by atoms with Crippen LogP contribution < -0.4 is 9.80 Å². The molecule has 0 unspecified atom stereocenters. The number of rotatable bonds is 5. The molecule has 1 aliphatic heterocycles. The van der Waals surface area contributed by atoms with Gasteiger partial charge in [0, 0.05) is 19.3 Å².